The molecule has 0 amide bonds. The van der Waals surface area contributed by atoms with E-state index in [2.05, 4.69) is 71.0 Å². The fourth-order valence-electron chi connectivity index (χ4n) is 4.41. The lowest BCUT2D eigenvalue weighted by Gasteiger charge is -2.42. The van der Waals surface area contributed by atoms with Crippen molar-refractivity contribution in [2.45, 2.75) is 72.1 Å². The standard InChI is InChI=1S/C27H34O2/c1-8-29-25(28)15-18(2)20-10-9-11-21(16-20)22-17-24-23(14-19(22)3)26(4,5)12-13-27(24,6)7/h9-11,14-17H,8,12-13H2,1-7H3. The van der Waals surface area contributed by atoms with Gasteiger partial charge in [-0.1, -0.05) is 58.0 Å². The topological polar surface area (TPSA) is 26.3 Å². The van der Waals surface area contributed by atoms with Crippen molar-refractivity contribution in [3.05, 3.63) is 64.7 Å². The maximum absolute atomic E-state index is 11.8. The molecule has 2 heteroatoms. The maximum Gasteiger partial charge on any atom is 0.331 e. The summed E-state index contributed by atoms with van der Waals surface area (Å²) in [5.74, 6) is -0.288. The van der Waals surface area contributed by atoms with E-state index in [1.807, 2.05) is 13.8 Å². The molecule has 0 fully saturated rings. The van der Waals surface area contributed by atoms with Crippen LogP contribution in [0.3, 0.4) is 0 Å². The average molecular weight is 391 g/mol. The molecule has 0 N–H and O–H groups in total. The Morgan fingerprint density at radius 1 is 1.03 bits per heavy atom. The van der Waals surface area contributed by atoms with Crippen LogP contribution in [0.2, 0.25) is 0 Å². The molecule has 1 aliphatic rings. The second kappa shape index (κ2) is 7.82. The molecule has 0 spiro atoms. The van der Waals surface area contributed by atoms with Crippen LogP contribution in [-0.4, -0.2) is 12.6 Å². The number of carbonyl (C=O) groups is 1. The summed E-state index contributed by atoms with van der Waals surface area (Å²) in [6.07, 6.45) is 4.00. The number of ether oxygens (including phenoxy) is 1. The van der Waals surface area contributed by atoms with Gasteiger partial charge < -0.3 is 4.74 Å². The Labute approximate surface area is 176 Å². The SMILES string of the molecule is CCOC(=O)C=C(C)c1cccc(-c2cc3c(cc2C)C(C)(C)CCC3(C)C)c1. The maximum atomic E-state index is 11.8. The molecule has 0 unspecified atom stereocenters. The van der Waals surface area contributed by atoms with Crippen molar-refractivity contribution in [2.24, 2.45) is 0 Å². The number of aryl methyl sites for hydroxylation is 1. The van der Waals surface area contributed by atoms with Crippen LogP contribution in [0.4, 0.5) is 0 Å². The van der Waals surface area contributed by atoms with Gasteiger partial charge in [-0.3, -0.25) is 0 Å². The highest BCUT2D eigenvalue weighted by Crippen LogP contribution is 2.47. The predicted molar refractivity (Wildman–Crippen MR) is 122 cm³/mol. The monoisotopic (exact) mass is 390 g/mol. The molecule has 0 bridgehead atoms. The lowest BCUT2D eigenvalue weighted by Crippen LogP contribution is -2.34. The van der Waals surface area contributed by atoms with E-state index in [4.69, 9.17) is 4.74 Å². The van der Waals surface area contributed by atoms with Gasteiger partial charge in [0.25, 0.3) is 0 Å². The molecule has 29 heavy (non-hydrogen) atoms. The number of benzene rings is 2. The second-order valence-electron chi connectivity index (χ2n) is 9.64. The minimum absolute atomic E-state index is 0.185. The van der Waals surface area contributed by atoms with Crippen molar-refractivity contribution in [1.29, 1.82) is 0 Å². The number of rotatable bonds is 4. The summed E-state index contributed by atoms with van der Waals surface area (Å²) < 4.78 is 5.06. The number of fused-ring (bicyclic) bond motifs is 1. The number of hydrogen-bond donors (Lipinski definition) is 0. The quantitative estimate of drug-likeness (QED) is 0.416. The van der Waals surface area contributed by atoms with Gasteiger partial charge in [-0.25, -0.2) is 4.79 Å². The van der Waals surface area contributed by atoms with Crippen LogP contribution < -0.4 is 0 Å². The first-order valence-corrected chi connectivity index (χ1v) is 10.7. The number of hydrogen-bond acceptors (Lipinski definition) is 2. The van der Waals surface area contributed by atoms with Gasteiger partial charge in [0.2, 0.25) is 0 Å². The van der Waals surface area contributed by atoms with Crippen LogP contribution in [0, 0.1) is 6.92 Å². The van der Waals surface area contributed by atoms with E-state index in [9.17, 15) is 4.79 Å². The van der Waals surface area contributed by atoms with Gasteiger partial charge in [0.15, 0.2) is 0 Å². The summed E-state index contributed by atoms with van der Waals surface area (Å²) >= 11 is 0. The Kier molecular flexibility index (Phi) is 5.76. The van der Waals surface area contributed by atoms with E-state index in [1.54, 1.807) is 6.08 Å². The fourth-order valence-corrected chi connectivity index (χ4v) is 4.41. The van der Waals surface area contributed by atoms with Crippen LogP contribution in [0.15, 0.2) is 42.5 Å². The Morgan fingerprint density at radius 3 is 2.28 bits per heavy atom. The van der Waals surface area contributed by atoms with Gasteiger partial charge in [0, 0.05) is 6.08 Å². The van der Waals surface area contributed by atoms with Crippen molar-refractivity contribution in [1.82, 2.24) is 0 Å². The van der Waals surface area contributed by atoms with E-state index in [0.29, 0.717) is 6.61 Å². The Balaban J connectivity index is 2.08. The largest absolute Gasteiger partial charge is 0.463 e. The molecular weight excluding hydrogens is 356 g/mol. The molecule has 3 rings (SSSR count). The summed E-state index contributed by atoms with van der Waals surface area (Å²) in [5, 5.41) is 0. The molecular formula is C27H34O2. The molecule has 2 aromatic rings. The molecule has 0 heterocycles. The zero-order valence-corrected chi connectivity index (χ0v) is 19.0. The van der Waals surface area contributed by atoms with Crippen LogP contribution in [-0.2, 0) is 20.4 Å². The predicted octanol–water partition coefficient (Wildman–Crippen LogP) is 6.98. The molecule has 0 radical (unpaired) electrons. The molecule has 0 saturated heterocycles. The average Bonchev–Trinajstić information content (AvgIpc) is 2.65. The van der Waals surface area contributed by atoms with E-state index in [0.717, 1.165) is 11.1 Å². The highest BCUT2D eigenvalue weighted by Gasteiger charge is 2.37. The minimum Gasteiger partial charge on any atom is -0.463 e. The summed E-state index contributed by atoms with van der Waals surface area (Å²) in [5.41, 5.74) is 9.11. The molecule has 2 nitrogen and oxygen atoms in total. The van der Waals surface area contributed by atoms with Crippen LogP contribution >= 0.6 is 0 Å². The zero-order valence-electron chi connectivity index (χ0n) is 19.0. The van der Waals surface area contributed by atoms with Crippen LogP contribution in [0.25, 0.3) is 16.7 Å². The van der Waals surface area contributed by atoms with Crippen molar-refractivity contribution in [3.8, 4) is 11.1 Å². The molecule has 0 atom stereocenters. The summed E-state index contributed by atoms with van der Waals surface area (Å²) in [6.45, 7) is 15.8. The van der Waals surface area contributed by atoms with E-state index in [1.165, 1.54) is 40.7 Å². The van der Waals surface area contributed by atoms with Gasteiger partial charge in [0.1, 0.15) is 0 Å². The normalized spacial score (nSPS) is 17.6. The Bertz CT molecular complexity index is 960. The van der Waals surface area contributed by atoms with Gasteiger partial charge in [-0.2, -0.15) is 0 Å². The molecule has 0 aliphatic heterocycles. The molecule has 2 aromatic carbocycles. The lowest BCUT2D eigenvalue weighted by atomic mass is 9.62. The molecule has 0 aromatic heterocycles. The molecule has 154 valence electrons. The third-order valence-electron chi connectivity index (χ3n) is 6.45. The number of allylic oxidation sites excluding steroid dienone is 1. The van der Waals surface area contributed by atoms with Crippen molar-refractivity contribution in [2.75, 3.05) is 6.61 Å². The van der Waals surface area contributed by atoms with E-state index < -0.39 is 0 Å². The van der Waals surface area contributed by atoms with Gasteiger partial charge in [-0.05, 0) is 89.5 Å². The highest BCUT2D eigenvalue weighted by atomic mass is 16.5. The summed E-state index contributed by atoms with van der Waals surface area (Å²) in [4.78, 5) is 11.8. The third kappa shape index (κ3) is 4.32. The summed E-state index contributed by atoms with van der Waals surface area (Å²) in [6, 6.07) is 13.3. The number of carbonyl (C=O) groups excluding carboxylic acids is 1. The highest BCUT2D eigenvalue weighted by molar-refractivity contribution is 5.91. The van der Waals surface area contributed by atoms with E-state index in [-0.39, 0.29) is 16.8 Å². The first kappa shape index (κ1) is 21.4. The first-order chi connectivity index (χ1) is 13.5. The summed E-state index contributed by atoms with van der Waals surface area (Å²) in [7, 11) is 0. The fraction of sp³-hybridized carbons (Fsp3) is 0.444. The van der Waals surface area contributed by atoms with Crippen molar-refractivity contribution in [3.63, 3.8) is 0 Å². The minimum atomic E-state index is -0.288. The van der Waals surface area contributed by atoms with Crippen LogP contribution in [0.1, 0.15) is 76.6 Å². The molecule has 1 aliphatic carbocycles. The van der Waals surface area contributed by atoms with Crippen LogP contribution in [0.5, 0.6) is 0 Å². The number of esters is 1. The Hall–Kier alpha value is -2.35. The smallest absolute Gasteiger partial charge is 0.331 e. The first-order valence-electron chi connectivity index (χ1n) is 10.7. The van der Waals surface area contributed by atoms with Crippen molar-refractivity contribution < 1.29 is 9.53 Å². The molecule has 0 saturated carbocycles. The van der Waals surface area contributed by atoms with E-state index >= 15 is 0 Å². The zero-order chi connectivity index (χ0) is 21.4. The lowest BCUT2D eigenvalue weighted by molar-refractivity contribution is -0.137. The van der Waals surface area contributed by atoms with Crippen molar-refractivity contribution >= 4 is 11.5 Å². The van der Waals surface area contributed by atoms with Gasteiger partial charge >= 0.3 is 5.97 Å². The van der Waals surface area contributed by atoms with Gasteiger partial charge in [0.05, 0.1) is 6.61 Å². The Morgan fingerprint density at radius 2 is 1.66 bits per heavy atom. The second-order valence-corrected chi connectivity index (χ2v) is 9.64. The third-order valence-corrected chi connectivity index (χ3v) is 6.45. The van der Waals surface area contributed by atoms with Gasteiger partial charge in [-0.15, -0.1) is 0 Å².